The molecule has 0 radical (unpaired) electrons. The van der Waals surface area contributed by atoms with E-state index in [-0.39, 0.29) is 11.1 Å². The van der Waals surface area contributed by atoms with E-state index >= 15 is 0 Å². The van der Waals surface area contributed by atoms with Gasteiger partial charge in [-0.3, -0.25) is 14.4 Å². The van der Waals surface area contributed by atoms with Gasteiger partial charge in [0.25, 0.3) is 17.0 Å². The summed E-state index contributed by atoms with van der Waals surface area (Å²) >= 11 is 0. The van der Waals surface area contributed by atoms with Crippen molar-refractivity contribution in [2.24, 2.45) is 0 Å². The number of aromatic nitrogens is 2. The first kappa shape index (κ1) is 16.4. The van der Waals surface area contributed by atoms with Crippen LogP contribution in [0.15, 0.2) is 76.6 Å². The van der Waals surface area contributed by atoms with Gasteiger partial charge in [0, 0.05) is 25.0 Å². The number of carbonyl (C=O) groups excluding carboxylic acids is 1. The van der Waals surface area contributed by atoms with E-state index in [0.717, 1.165) is 11.1 Å². The lowest BCUT2D eigenvalue weighted by Gasteiger charge is -2.08. The van der Waals surface area contributed by atoms with Crippen molar-refractivity contribution in [3.63, 3.8) is 0 Å². The molecule has 25 heavy (non-hydrogen) atoms. The molecule has 6 heteroatoms. The van der Waals surface area contributed by atoms with Crippen LogP contribution in [0.2, 0.25) is 0 Å². The van der Waals surface area contributed by atoms with Gasteiger partial charge in [-0.05, 0) is 29.3 Å². The van der Waals surface area contributed by atoms with E-state index in [2.05, 4.69) is 10.3 Å². The molecule has 2 aromatic heterocycles. The number of carbonyl (C=O) groups is 1. The second-order valence-corrected chi connectivity index (χ2v) is 5.58. The number of pyridine rings is 2. The van der Waals surface area contributed by atoms with Gasteiger partial charge in [-0.1, -0.05) is 30.3 Å². The lowest BCUT2D eigenvalue weighted by atomic mass is 10.1. The summed E-state index contributed by atoms with van der Waals surface area (Å²) < 4.78 is 1.62. The topological polar surface area (TPSA) is 84.0 Å². The number of nitrogens with zero attached hydrogens (tertiary/aromatic N) is 1. The third kappa shape index (κ3) is 4.11. The zero-order valence-corrected chi connectivity index (χ0v) is 13.4. The lowest BCUT2D eigenvalue weighted by Crippen LogP contribution is -2.28. The van der Waals surface area contributed by atoms with Gasteiger partial charge >= 0.3 is 0 Å². The number of H-pyrrole nitrogens is 1. The number of amides is 1. The monoisotopic (exact) mass is 335 g/mol. The molecule has 3 aromatic rings. The Hall–Kier alpha value is -3.41. The number of benzene rings is 1. The maximum atomic E-state index is 12.0. The molecule has 0 aliphatic heterocycles. The van der Waals surface area contributed by atoms with Crippen molar-refractivity contribution < 1.29 is 4.79 Å². The zero-order chi connectivity index (χ0) is 17.6. The van der Waals surface area contributed by atoms with E-state index < -0.39 is 11.5 Å². The molecule has 0 unspecified atom stereocenters. The molecule has 0 aliphatic carbocycles. The first-order chi connectivity index (χ1) is 12.1. The molecule has 0 saturated carbocycles. The molecule has 0 fully saturated rings. The molecule has 2 heterocycles. The van der Waals surface area contributed by atoms with Gasteiger partial charge in [-0.2, -0.15) is 0 Å². The van der Waals surface area contributed by atoms with Crippen molar-refractivity contribution in [1.82, 2.24) is 14.9 Å². The summed E-state index contributed by atoms with van der Waals surface area (Å²) in [7, 11) is 0. The number of aromatic amines is 1. The number of rotatable bonds is 5. The fourth-order valence-electron chi connectivity index (χ4n) is 2.43. The summed E-state index contributed by atoms with van der Waals surface area (Å²) in [5.74, 6) is -0.415. The van der Waals surface area contributed by atoms with Crippen LogP contribution in [-0.2, 0) is 13.1 Å². The van der Waals surface area contributed by atoms with Crippen molar-refractivity contribution in [1.29, 1.82) is 0 Å². The van der Waals surface area contributed by atoms with Crippen LogP contribution in [0, 0.1) is 0 Å². The minimum atomic E-state index is -0.415. The van der Waals surface area contributed by atoms with Crippen molar-refractivity contribution in [2.75, 3.05) is 0 Å². The van der Waals surface area contributed by atoms with Crippen molar-refractivity contribution >= 4 is 5.91 Å². The molecule has 2 N–H and O–H groups in total. The third-order valence-electron chi connectivity index (χ3n) is 3.79. The van der Waals surface area contributed by atoms with Crippen LogP contribution in [0.1, 0.15) is 21.5 Å². The second kappa shape index (κ2) is 7.44. The highest BCUT2D eigenvalue weighted by Crippen LogP contribution is 2.06. The van der Waals surface area contributed by atoms with Gasteiger partial charge in [0.2, 0.25) is 0 Å². The number of nitrogens with one attached hydrogen (secondary N) is 2. The maximum Gasteiger partial charge on any atom is 0.260 e. The summed E-state index contributed by atoms with van der Waals surface area (Å²) in [5, 5.41) is 2.72. The average Bonchev–Trinajstić information content (AvgIpc) is 2.63. The molecule has 1 amide bonds. The maximum absolute atomic E-state index is 12.0. The standard InChI is InChI=1S/C19H17N3O3/c23-17-5-1-2-11-22(17)13-15-8-6-14(7-9-15)12-21-19(25)16-4-3-10-20-18(16)24/h1-11H,12-13H2,(H,20,24)(H,21,25). The predicted molar refractivity (Wildman–Crippen MR) is 94.5 cm³/mol. The molecular formula is C19H17N3O3. The fourth-order valence-corrected chi connectivity index (χ4v) is 2.43. The van der Waals surface area contributed by atoms with Gasteiger partial charge in [0.15, 0.2) is 0 Å². The van der Waals surface area contributed by atoms with Crippen molar-refractivity contribution in [3.05, 3.63) is 104 Å². The minimum absolute atomic E-state index is 0.0491. The van der Waals surface area contributed by atoms with E-state index in [0.29, 0.717) is 13.1 Å². The summed E-state index contributed by atoms with van der Waals surface area (Å²) in [6, 6.07) is 15.7. The molecule has 3 rings (SSSR count). The van der Waals surface area contributed by atoms with Gasteiger partial charge in [0.1, 0.15) is 5.56 Å². The molecule has 1 aromatic carbocycles. The highest BCUT2D eigenvalue weighted by Gasteiger charge is 2.08. The summed E-state index contributed by atoms with van der Waals surface area (Å²) in [4.78, 5) is 37.8. The molecule has 0 aliphatic rings. The Morgan fingerprint density at radius 2 is 1.72 bits per heavy atom. The van der Waals surface area contributed by atoms with Crippen LogP contribution in [0.25, 0.3) is 0 Å². The summed E-state index contributed by atoms with van der Waals surface area (Å²) in [6.07, 6.45) is 3.23. The quantitative estimate of drug-likeness (QED) is 0.741. The highest BCUT2D eigenvalue weighted by atomic mass is 16.2. The third-order valence-corrected chi connectivity index (χ3v) is 3.79. The van der Waals surface area contributed by atoms with Crippen LogP contribution in [0.5, 0.6) is 0 Å². The van der Waals surface area contributed by atoms with E-state index in [9.17, 15) is 14.4 Å². The molecule has 0 spiro atoms. The predicted octanol–water partition coefficient (Wildman–Crippen LogP) is 1.51. The smallest absolute Gasteiger partial charge is 0.260 e. The van der Waals surface area contributed by atoms with Crippen molar-refractivity contribution in [3.8, 4) is 0 Å². The minimum Gasteiger partial charge on any atom is -0.348 e. The van der Waals surface area contributed by atoms with Crippen LogP contribution >= 0.6 is 0 Å². The summed E-state index contributed by atoms with van der Waals surface area (Å²) in [6.45, 7) is 0.810. The van der Waals surface area contributed by atoms with Crippen LogP contribution in [0.4, 0.5) is 0 Å². The Bertz CT molecular complexity index is 987. The molecule has 0 bridgehead atoms. The van der Waals surface area contributed by atoms with Gasteiger partial charge in [-0.15, -0.1) is 0 Å². The van der Waals surface area contributed by atoms with E-state index in [4.69, 9.17) is 0 Å². The summed E-state index contributed by atoms with van der Waals surface area (Å²) in [5.41, 5.74) is 1.52. The van der Waals surface area contributed by atoms with E-state index in [1.165, 1.54) is 18.3 Å². The average molecular weight is 335 g/mol. The number of hydrogen-bond donors (Lipinski definition) is 2. The Labute approximate surface area is 143 Å². The molecular weight excluding hydrogens is 318 g/mol. The highest BCUT2D eigenvalue weighted by molar-refractivity contribution is 5.93. The van der Waals surface area contributed by atoms with Crippen LogP contribution in [0.3, 0.4) is 0 Å². The van der Waals surface area contributed by atoms with Gasteiger partial charge in [-0.25, -0.2) is 0 Å². The molecule has 0 saturated heterocycles. The van der Waals surface area contributed by atoms with Crippen LogP contribution in [-0.4, -0.2) is 15.5 Å². The second-order valence-electron chi connectivity index (χ2n) is 5.58. The zero-order valence-electron chi connectivity index (χ0n) is 13.4. The first-order valence-electron chi connectivity index (χ1n) is 7.83. The first-order valence-corrected chi connectivity index (χ1v) is 7.83. The number of hydrogen-bond acceptors (Lipinski definition) is 3. The Morgan fingerprint density at radius 1 is 0.960 bits per heavy atom. The Morgan fingerprint density at radius 3 is 2.44 bits per heavy atom. The Kier molecular flexibility index (Phi) is 4.89. The molecule has 126 valence electrons. The largest absolute Gasteiger partial charge is 0.348 e. The molecule has 6 nitrogen and oxygen atoms in total. The Balaban J connectivity index is 1.62. The normalized spacial score (nSPS) is 10.4. The SMILES string of the molecule is O=C(NCc1ccc(Cn2ccccc2=O)cc1)c1ccc[nH]c1=O. The van der Waals surface area contributed by atoms with Crippen molar-refractivity contribution in [2.45, 2.75) is 13.1 Å². The van der Waals surface area contributed by atoms with E-state index in [1.54, 1.807) is 22.9 Å². The lowest BCUT2D eigenvalue weighted by molar-refractivity contribution is 0.0949. The van der Waals surface area contributed by atoms with Gasteiger partial charge < -0.3 is 14.9 Å². The van der Waals surface area contributed by atoms with Crippen LogP contribution < -0.4 is 16.4 Å². The van der Waals surface area contributed by atoms with E-state index in [1.807, 2.05) is 30.3 Å². The molecule has 0 atom stereocenters. The van der Waals surface area contributed by atoms with Gasteiger partial charge in [0.05, 0.1) is 6.54 Å². The fraction of sp³-hybridized carbons (Fsp3) is 0.105.